The second kappa shape index (κ2) is 2.98. The first-order valence-corrected chi connectivity index (χ1v) is 6.08. The first-order valence-electron chi connectivity index (χ1n) is 6.08. The minimum Gasteiger partial charge on any atom is -0.300 e. The predicted molar refractivity (Wildman–Crippen MR) is 54.6 cm³/mol. The van der Waals surface area contributed by atoms with Gasteiger partial charge in [-0.25, -0.2) is 0 Å². The molecule has 1 nitrogen and oxygen atoms in total. The van der Waals surface area contributed by atoms with E-state index in [4.69, 9.17) is 0 Å². The molecular weight excluding hydrogens is 158 g/mol. The van der Waals surface area contributed by atoms with Gasteiger partial charge in [0.05, 0.1) is 0 Å². The lowest BCUT2D eigenvalue weighted by Gasteiger charge is -2.24. The molecule has 0 aromatic carbocycles. The topological polar surface area (TPSA) is 3.24 Å². The van der Waals surface area contributed by atoms with Gasteiger partial charge in [-0.3, -0.25) is 0 Å². The summed E-state index contributed by atoms with van der Waals surface area (Å²) in [5, 5.41) is 0. The molecule has 1 aliphatic heterocycles. The van der Waals surface area contributed by atoms with Crippen molar-refractivity contribution in [2.45, 2.75) is 45.1 Å². The Bertz CT molecular complexity index is 193. The quantitative estimate of drug-likeness (QED) is 0.643. The van der Waals surface area contributed by atoms with E-state index in [1.807, 2.05) is 0 Å². The molecule has 1 heterocycles. The summed E-state index contributed by atoms with van der Waals surface area (Å²) < 4.78 is 0. The third-order valence-corrected chi connectivity index (χ3v) is 4.42. The smallest absolute Gasteiger partial charge is 0.00953 e. The van der Waals surface area contributed by atoms with Crippen LogP contribution in [0.1, 0.15) is 39.0 Å². The van der Waals surface area contributed by atoms with Crippen LogP contribution in [0.3, 0.4) is 0 Å². The highest BCUT2D eigenvalue weighted by molar-refractivity contribution is 4.93. The molecule has 0 spiro atoms. The Balaban J connectivity index is 1.54. The van der Waals surface area contributed by atoms with Crippen molar-refractivity contribution < 1.29 is 0 Å². The van der Waals surface area contributed by atoms with E-state index < -0.39 is 0 Å². The number of rotatable bonds is 3. The molecule has 13 heavy (non-hydrogen) atoms. The fourth-order valence-electron chi connectivity index (χ4n) is 3.01. The fraction of sp³-hybridized carbons (Fsp3) is 1.00. The molecular formula is C12H21N. The van der Waals surface area contributed by atoms with Crippen LogP contribution in [0, 0.1) is 17.8 Å². The van der Waals surface area contributed by atoms with Crippen LogP contribution in [0.25, 0.3) is 0 Å². The molecule has 0 aromatic rings. The van der Waals surface area contributed by atoms with Crippen molar-refractivity contribution in [1.29, 1.82) is 0 Å². The standard InChI is InChI=1S/C12H21N/c1-9(10-2-3-10)13-7-6-12(8-13)11-4-5-11/h9-12H,2-8H2,1H3. The van der Waals surface area contributed by atoms with Crippen LogP contribution in [0.15, 0.2) is 0 Å². The molecule has 1 saturated heterocycles. The van der Waals surface area contributed by atoms with Crippen LogP contribution in [-0.4, -0.2) is 24.0 Å². The first kappa shape index (κ1) is 8.28. The highest BCUT2D eigenvalue weighted by Gasteiger charge is 2.40. The molecule has 1 heteroatoms. The number of hydrogen-bond donors (Lipinski definition) is 0. The van der Waals surface area contributed by atoms with E-state index in [-0.39, 0.29) is 0 Å². The molecule has 0 N–H and O–H groups in total. The van der Waals surface area contributed by atoms with Crippen molar-refractivity contribution in [2.75, 3.05) is 13.1 Å². The monoisotopic (exact) mass is 179 g/mol. The minimum atomic E-state index is 0.906. The Hall–Kier alpha value is -0.0400. The minimum absolute atomic E-state index is 0.906. The normalized spacial score (nSPS) is 38.1. The summed E-state index contributed by atoms with van der Waals surface area (Å²) in [5.41, 5.74) is 0. The van der Waals surface area contributed by atoms with Crippen molar-refractivity contribution in [3.8, 4) is 0 Å². The summed E-state index contributed by atoms with van der Waals surface area (Å²) in [6.07, 6.45) is 7.59. The third-order valence-electron chi connectivity index (χ3n) is 4.42. The Kier molecular flexibility index (Phi) is 1.90. The highest BCUT2D eigenvalue weighted by Crippen LogP contribution is 2.43. The average molecular weight is 179 g/mol. The zero-order chi connectivity index (χ0) is 8.84. The van der Waals surface area contributed by atoms with E-state index >= 15 is 0 Å². The summed E-state index contributed by atoms with van der Waals surface area (Å²) in [5.74, 6) is 3.29. The lowest BCUT2D eigenvalue weighted by Crippen LogP contribution is -2.32. The van der Waals surface area contributed by atoms with E-state index in [1.54, 1.807) is 0 Å². The maximum atomic E-state index is 2.76. The van der Waals surface area contributed by atoms with Gasteiger partial charge in [0.1, 0.15) is 0 Å². The Labute approximate surface area is 81.5 Å². The van der Waals surface area contributed by atoms with E-state index in [9.17, 15) is 0 Å². The maximum absolute atomic E-state index is 2.76. The van der Waals surface area contributed by atoms with Crippen molar-refractivity contribution in [2.24, 2.45) is 17.8 Å². The second-order valence-electron chi connectivity index (χ2n) is 5.46. The van der Waals surface area contributed by atoms with E-state index in [2.05, 4.69) is 11.8 Å². The molecule has 3 rings (SSSR count). The van der Waals surface area contributed by atoms with Gasteiger partial charge in [-0.15, -0.1) is 0 Å². The third kappa shape index (κ3) is 1.63. The Morgan fingerprint density at radius 2 is 1.77 bits per heavy atom. The molecule has 74 valence electrons. The molecule has 0 bridgehead atoms. The predicted octanol–water partition coefficient (Wildman–Crippen LogP) is 2.52. The Morgan fingerprint density at radius 3 is 2.38 bits per heavy atom. The molecule has 0 aromatic heterocycles. The molecule has 3 aliphatic rings. The molecule has 3 fully saturated rings. The van der Waals surface area contributed by atoms with Gasteiger partial charge < -0.3 is 4.90 Å². The van der Waals surface area contributed by atoms with E-state index in [0.717, 1.165) is 23.8 Å². The van der Waals surface area contributed by atoms with Crippen molar-refractivity contribution >= 4 is 0 Å². The Morgan fingerprint density at radius 1 is 1.00 bits per heavy atom. The van der Waals surface area contributed by atoms with Crippen molar-refractivity contribution in [3.05, 3.63) is 0 Å². The van der Waals surface area contributed by atoms with Crippen LogP contribution in [0.4, 0.5) is 0 Å². The van der Waals surface area contributed by atoms with Crippen LogP contribution in [-0.2, 0) is 0 Å². The van der Waals surface area contributed by atoms with Crippen LogP contribution in [0.2, 0.25) is 0 Å². The van der Waals surface area contributed by atoms with E-state index in [0.29, 0.717) is 0 Å². The summed E-state index contributed by atoms with van der Waals surface area (Å²) in [4.78, 5) is 2.76. The summed E-state index contributed by atoms with van der Waals surface area (Å²) in [6, 6.07) is 0.906. The fourth-order valence-corrected chi connectivity index (χ4v) is 3.01. The first-order chi connectivity index (χ1) is 6.34. The van der Waals surface area contributed by atoms with Crippen molar-refractivity contribution in [1.82, 2.24) is 4.90 Å². The summed E-state index contributed by atoms with van der Waals surface area (Å²) in [7, 11) is 0. The zero-order valence-corrected chi connectivity index (χ0v) is 8.71. The number of nitrogens with zero attached hydrogens (tertiary/aromatic N) is 1. The van der Waals surface area contributed by atoms with Crippen molar-refractivity contribution in [3.63, 3.8) is 0 Å². The average Bonchev–Trinajstić information content (AvgIpc) is 3.02. The zero-order valence-electron chi connectivity index (χ0n) is 8.71. The molecule has 2 aliphatic carbocycles. The van der Waals surface area contributed by atoms with Gasteiger partial charge in [0.2, 0.25) is 0 Å². The van der Waals surface area contributed by atoms with Gasteiger partial charge in [-0.05, 0) is 63.3 Å². The molecule has 2 atom stereocenters. The lowest BCUT2D eigenvalue weighted by molar-refractivity contribution is 0.223. The summed E-state index contributed by atoms with van der Waals surface area (Å²) in [6.45, 7) is 5.29. The van der Waals surface area contributed by atoms with Crippen LogP contribution in [0.5, 0.6) is 0 Å². The van der Waals surface area contributed by atoms with Crippen LogP contribution >= 0.6 is 0 Å². The van der Waals surface area contributed by atoms with E-state index in [1.165, 1.54) is 45.2 Å². The summed E-state index contributed by atoms with van der Waals surface area (Å²) >= 11 is 0. The molecule has 0 amide bonds. The number of likely N-dealkylation sites (tertiary alicyclic amines) is 1. The molecule has 2 unspecified atom stereocenters. The number of hydrogen-bond acceptors (Lipinski definition) is 1. The van der Waals surface area contributed by atoms with Gasteiger partial charge in [0, 0.05) is 12.6 Å². The van der Waals surface area contributed by atoms with Gasteiger partial charge >= 0.3 is 0 Å². The second-order valence-corrected chi connectivity index (χ2v) is 5.46. The molecule has 0 radical (unpaired) electrons. The lowest BCUT2D eigenvalue weighted by atomic mass is 10.0. The maximum Gasteiger partial charge on any atom is 0.00953 e. The SMILES string of the molecule is CC(C1CC1)N1CCC(C2CC2)C1. The molecule has 2 saturated carbocycles. The van der Waals surface area contributed by atoms with Gasteiger partial charge in [0.25, 0.3) is 0 Å². The van der Waals surface area contributed by atoms with Gasteiger partial charge in [0.15, 0.2) is 0 Å². The largest absolute Gasteiger partial charge is 0.300 e. The van der Waals surface area contributed by atoms with Crippen LogP contribution < -0.4 is 0 Å². The van der Waals surface area contributed by atoms with Gasteiger partial charge in [-0.2, -0.15) is 0 Å². The van der Waals surface area contributed by atoms with Gasteiger partial charge in [-0.1, -0.05) is 0 Å². The highest BCUT2D eigenvalue weighted by atomic mass is 15.2.